The molecule has 0 radical (unpaired) electrons. The number of hydrogen-bond acceptors (Lipinski definition) is 4. The van der Waals surface area contributed by atoms with E-state index in [0.717, 1.165) is 12.2 Å². The minimum atomic E-state index is -0.636. The van der Waals surface area contributed by atoms with Gasteiger partial charge in [0, 0.05) is 6.42 Å². The molecule has 0 saturated heterocycles. The highest BCUT2D eigenvalue weighted by Gasteiger charge is 2.20. The molecule has 1 rings (SSSR count). The van der Waals surface area contributed by atoms with Gasteiger partial charge < -0.3 is 15.2 Å². The first-order valence-corrected chi connectivity index (χ1v) is 7.39. The molecule has 1 atom stereocenters. The number of benzene rings is 1. The minimum absolute atomic E-state index is 0.00494. The molecule has 0 saturated carbocycles. The summed E-state index contributed by atoms with van der Waals surface area (Å²) in [6, 6.07) is 5.63. The fourth-order valence-electron chi connectivity index (χ4n) is 2.07. The molecule has 0 heterocycles. The van der Waals surface area contributed by atoms with E-state index in [1.54, 1.807) is 0 Å². The van der Waals surface area contributed by atoms with Gasteiger partial charge in [-0.05, 0) is 29.0 Å². The quantitative estimate of drug-likeness (QED) is 0.819. The first kappa shape index (κ1) is 17.5. The van der Waals surface area contributed by atoms with Gasteiger partial charge in [0.25, 0.3) is 0 Å². The molecule has 0 fully saturated rings. The van der Waals surface area contributed by atoms with Crippen molar-refractivity contribution in [1.82, 2.24) is 0 Å². The second-order valence-electron chi connectivity index (χ2n) is 6.20. The second-order valence-corrected chi connectivity index (χ2v) is 6.20. The zero-order valence-electron chi connectivity index (χ0n) is 13.7. The molecule has 0 aromatic heterocycles. The number of rotatable bonds is 6. The number of ether oxygens (including phenoxy) is 2. The van der Waals surface area contributed by atoms with Gasteiger partial charge in [-0.2, -0.15) is 0 Å². The predicted octanol–water partition coefficient (Wildman–Crippen LogP) is 2.82. The van der Waals surface area contributed by atoms with E-state index in [0.29, 0.717) is 13.0 Å². The van der Waals surface area contributed by atoms with Crippen LogP contribution in [0.4, 0.5) is 0 Å². The van der Waals surface area contributed by atoms with E-state index in [-0.39, 0.29) is 5.41 Å². The van der Waals surface area contributed by atoms with Crippen LogP contribution in [0.3, 0.4) is 0 Å². The van der Waals surface area contributed by atoms with E-state index >= 15 is 0 Å². The summed E-state index contributed by atoms with van der Waals surface area (Å²) in [5.41, 5.74) is 8.18. The summed E-state index contributed by atoms with van der Waals surface area (Å²) in [5.74, 6) is 0.452. The van der Waals surface area contributed by atoms with Gasteiger partial charge in [-0.15, -0.1) is 0 Å². The third-order valence-corrected chi connectivity index (χ3v) is 3.45. The summed E-state index contributed by atoms with van der Waals surface area (Å²) in [6.07, 6.45) is 1.43. The normalized spacial score (nSPS) is 12.9. The molecule has 4 nitrogen and oxygen atoms in total. The van der Waals surface area contributed by atoms with Gasteiger partial charge >= 0.3 is 5.97 Å². The lowest BCUT2D eigenvalue weighted by atomic mass is 9.85. The number of methoxy groups -OCH3 is 1. The summed E-state index contributed by atoms with van der Waals surface area (Å²) in [7, 11) is 1.34. The molecule has 2 N–H and O–H groups in total. The summed E-state index contributed by atoms with van der Waals surface area (Å²) in [6.45, 7) is 9.01. The van der Waals surface area contributed by atoms with Gasteiger partial charge in [-0.1, -0.05) is 39.8 Å². The number of aryl methyl sites for hydroxylation is 1. The smallest absolute Gasteiger partial charge is 0.322 e. The molecule has 0 amide bonds. The first-order valence-electron chi connectivity index (χ1n) is 7.39. The molecule has 0 bridgehead atoms. The van der Waals surface area contributed by atoms with E-state index in [9.17, 15) is 4.79 Å². The molecule has 4 heteroatoms. The highest BCUT2D eigenvalue weighted by Crippen LogP contribution is 2.32. The molecule has 1 aromatic rings. The monoisotopic (exact) mass is 293 g/mol. The summed E-state index contributed by atoms with van der Waals surface area (Å²) in [5, 5.41) is 0. The number of nitrogens with two attached hydrogens (primary N) is 1. The maximum absolute atomic E-state index is 11.3. The maximum Gasteiger partial charge on any atom is 0.322 e. The zero-order chi connectivity index (χ0) is 16.0. The van der Waals surface area contributed by atoms with Crippen molar-refractivity contribution in [2.24, 2.45) is 5.73 Å². The number of hydrogen-bond donors (Lipinski definition) is 1. The van der Waals surface area contributed by atoms with Gasteiger partial charge in [-0.3, -0.25) is 4.79 Å². The number of carbonyl (C=O) groups is 1. The fraction of sp³-hybridized carbons (Fsp3) is 0.588. The van der Waals surface area contributed by atoms with Crippen LogP contribution in [0.2, 0.25) is 0 Å². The summed E-state index contributed by atoms with van der Waals surface area (Å²) < 4.78 is 10.4. The number of carbonyl (C=O) groups excluding carboxylic acids is 1. The lowest BCUT2D eigenvalue weighted by Crippen LogP contribution is -2.33. The molecule has 21 heavy (non-hydrogen) atoms. The highest BCUT2D eigenvalue weighted by molar-refractivity contribution is 5.75. The van der Waals surface area contributed by atoms with E-state index < -0.39 is 12.0 Å². The second kappa shape index (κ2) is 7.46. The fourth-order valence-corrected chi connectivity index (χ4v) is 2.07. The maximum atomic E-state index is 11.3. The molecule has 1 unspecified atom stereocenters. The Hall–Kier alpha value is -1.55. The Balaban J connectivity index is 2.77. The van der Waals surface area contributed by atoms with Gasteiger partial charge in [0.2, 0.25) is 0 Å². The molecular formula is C17H27NO3. The van der Waals surface area contributed by atoms with E-state index in [1.807, 2.05) is 6.07 Å². The van der Waals surface area contributed by atoms with E-state index in [2.05, 4.69) is 44.6 Å². The zero-order valence-corrected chi connectivity index (χ0v) is 13.7. The first-order chi connectivity index (χ1) is 9.79. The van der Waals surface area contributed by atoms with Crippen molar-refractivity contribution < 1.29 is 14.3 Å². The Morgan fingerprint density at radius 2 is 2.00 bits per heavy atom. The van der Waals surface area contributed by atoms with Gasteiger partial charge in [0.15, 0.2) is 0 Å². The van der Waals surface area contributed by atoms with Crippen LogP contribution in [0.15, 0.2) is 18.2 Å². The van der Waals surface area contributed by atoms with Crippen LogP contribution in [0, 0.1) is 0 Å². The molecular weight excluding hydrogens is 266 g/mol. The minimum Gasteiger partial charge on any atom is -0.493 e. The van der Waals surface area contributed by atoms with E-state index in [4.69, 9.17) is 10.5 Å². The van der Waals surface area contributed by atoms with E-state index in [1.165, 1.54) is 18.2 Å². The van der Waals surface area contributed by atoms with Crippen LogP contribution in [0.5, 0.6) is 5.75 Å². The van der Waals surface area contributed by atoms with Crippen molar-refractivity contribution in [2.45, 2.75) is 52.0 Å². The number of esters is 1. The Morgan fingerprint density at radius 1 is 1.33 bits per heavy atom. The average molecular weight is 293 g/mol. The lowest BCUT2D eigenvalue weighted by molar-refractivity contribution is -0.142. The lowest BCUT2D eigenvalue weighted by Gasteiger charge is -2.24. The van der Waals surface area contributed by atoms with Crippen LogP contribution >= 0.6 is 0 Å². The van der Waals surface area contributed by atoms with Crippen molar-refractivity contribution in [2.75, 3.05) is 13.7 Å². The SMILES string of the molecule is CCc1ccc(OCCC(N)C(=O)OC)c(C(C)(C)C)c1. The standard InChI is InChI=1S/C17H27NO3/c1-6-12-7-8-15(13(11-12)17(2,3)4)21-10-9-14(18)16(19)20-5/h7-8,11,14H,6,9-10,18H2,1-5H3. The molecule has 0 aliphatic rings. The average Bonchev–Trinajstić information content (AvgIpc) is 2.45. The predicted molar refractivity (Wildman–Crippen MR) is 84.6 cm³/mol. The Labute approximate surface area is 127 Å². The molecule has 0 aliphatic heterocycles. The topological polar surface area (TPSA) is 61.5 Å². The van der Waals surface area contributed by atoms with Crippen molar-refractivity contribution in [1.29, 1.82) is 0 Å². The summed E-state index contributed by atoms with van der Waals surface area (Å²) in [4.78, 5) is 11.3. The molecule has 0 spiro atoms. The van der Waals surface area contributed by atoms with Crippen molar-refractivity contribution >= 4 is 5.97 Å². The van der Waals surface area contributed by atoms with Crippen LogP contribution in [0.25, 0.3) is 0 Å². The third-order valence-electron chi connectivity index (χ3n) is 3.45. The highest BCUT2D eigenvalue weighted by atomic mass is 16.5. The van der Waals surface area contributed by atoms with Gasteiger partial charge in [0.1, 0.15) is 11.8 Å². The third kappa shape index (κ3) is 5.05. The largest absolute Gasteiger partial charge is 0.493 e. The Morgan fingerprint density at radius 3 is 2.52 bits per heavy atom. The Bertz CT molecular complexity index is 477. The molecule has 118 valence electrons. The Kier molecular flexibility index (Phi) is 6.21. The van der Waals surface area contributed by atoms with Gasteiger partial charge in [0.05, 0.1) is 13.7 Å². The molecule has 1 aromatic carbocycles. The van der Waals surface area contributed by atoms with Crippen LogP contribution in [-0.2, 0) is 21.4 Å². The molecule has 0 aliphatic carbocycles. The van der Waals surface area contributed by atoms with Crippen molar-refractivity contribution in [3.8, 4) is 5.75 Å². The summed E-state index contributed by atoms with van der Waals surface area (Å²) >= 11 is 0. The van der Waals surface area contributed by atoms with Gasteiger partial charge in [-0.25, -0.2) is 0 Å². The van der Waals surface area contributed by atoms with Crippen molar-refractivity contribution in [3.05, 3.63) is 29.3 Å². The van der Waals surface area contributed by atoms with Crippen LogP contribution in [-0.4, -0.2) is 25.7 Å². The van der Waals surface area contributed by atoms with Crippen molar-refractivity contribution in [3.63, 3.8) is 0 Å². The van der Waals surface area contributed by atoms with Crippen LogP contribution < -0.4 is 10.5 Å². The van der Waals surface area contributed by atoms with Crippen LogP contribution in [0.1, 0.15) is 45.2 Å².